The lowest BCUT2D eigenvalue weighted by molar-refractivity contribution is -0.0331. The molecule has 118 valence electrons. The Morgan fingerprint density at radius 1 is 1.33 bits per heavy atom. The van der Waals surface area contributed by atoms with Gasteiger partial charge in [0.05, 0.1) is 19.0 Å². The van der Waals surface area contributed by atoms with E-state index in [-0.39, 0.29) is 6.10 Å². The van der Waals surface area contributed by atoms with E-state index in [1.807, 2.05) is 12.1 Å². The number of hydrogen-bond donors (Lipinski definition) is 1. The topological polar surface area (TPSA) is 58.6 Å². The van der Waals surface area contributed by atoms with Gasteiger partial charge < -0.3 is 4.74 Å². The molecule has 1 aromatic carbocycles. The van der Waals surface area contributed by atoms with Crippen LogP contribution in [0.2, 0.25) is 0 Å². The molecule has 0 aromatic heterocycles. The molecule has 1 saturated heterocycles. The van der Waals surface area contributed by atoms with Gasteiger partial charge in [0.2, 0.25) is 10.0 Å². The highest BCUT2D eigenvalue weighted by molar-refractivity contribution is 7.92. The lowest BCUT2D eigenvalue weighted by atomic mass is 10.1. The molecule has 1 fully saturated rings. The summed E-state index contributed by atoms with van der Waals surface area (Å²) in [5.74, 6) is 0.644. The van der Waals surface area contributed by atoms with Gasteiger partial charge >= 0.3 is 0 Å². The first kappa shape index (κ1) is 16.3. The molecule has 1 N–H and O–H groups in total. The molecule has 0 bridgehead atoms. The van der Waals surface area contributed by atoms with Gasteiger partial charge in [0, 0.05) is 25.3 Å². The van der Waals surface area contributed by atoms with Crippen molar-refractivity contribution in [3.8, 4) is 0 Å². The van der Waals surface area contributed by atoms with E-state index in [1.54, 1.807) is 12.1 Å². The second kappa shape index (κ2) is 6.77. The van der Waals surface area contributed by atoms with Crippen molar-refractivity contribution in [2.45, 2.75) is 20.0 Å². The fraction of sp³-hybridized carbons (Fsp3) is 0.600. The molecule has 21 heavy (non-hydrogen) atoms. The van der Waals surface area contributed by atoms with Crippen molar-refractivity contribution in [3.63, 3.8) is 0 Å². The van der Waals surface area contributed by atoms with Crippen LogP contribution in [0.1, 0.15) is 25.5 Å². The minimum absolute atomic E-state index is 0.0600. The average molecular weight is 312 g/mol. The van der Waals surface area contributed by atoms with Gasteiger partial charge in [-0.15, -0.1) is 0 Å². The molecule has 5 nitrogen and oxygen atoms in total. The van der Waals surface area contributed by atoms with E-state index >= 15 is 0 Å². The van der Waals surface area contributed by atoms with Gasteiger partial charge in [0.1, 0.15) is 0 Å². The molecule has 1 atom stereocenters. The standard InChI is InChI=1S/C15H24N2O3S/c1-12(2)10-17-8-9-20-15(11-17)13-4-6-14(7-5-13)16-21(3,18)19/h4-7,12,15-16H,8-11H2,1-3H3. The lowest BCUT2D eigenvalue weighted by Crippen LogP contribution is -2.40. The van der Waals surface area contributed by atoms with Crippen LogP contribution < -0.4 is 4.72 Å². The predicted molar refractivity (Wildman–Crippen MR) is 84.9 cm³/mol. The second-order valence-electron chi connectivity index (χ2n) is 6.01. The van der Waals surface area contributed by atoms with Crippen LogP contribution in [-0.2, 0) is 14.8 Å². The van der Waals surface area contributed by atoms with E-state index in [4.69, 9.17) is 4.74 Å². The number of nitrogens with zero attached hydrogens (tertiary/aromatic N) is 1. The van der Waals surface area contributed by atoms with Crippen molar-refractivity contribution in [1.29, 1.82) is 0 Å². The highest BCUT2D eigenvalue weighted by Crippen LogP contribution is 2.24. The summed E-state index contributed by atoms with van der Waals surface area (Å²) in [6, 6.07) is 7.41. The molecule has 0 saturated carbocycles. The third-order valence-corrected chi connectivity index (χ3v) is 3.97. The third-order valence-electron chi connectivity index (χ3n) is 3.36. The quantitative estimate of drug-likeness (QED) is 0.904. The zero-order valence-corrected chi connectivity index (χ0v) is 13.7. The van der Waals surface area contributed by atoms with Crippen LogP contribution in [0.4, 0.5) is 5.69 Å². The molecular weight excluding hydrogens is 288 g/mol. The number of morpholine rings is 1. The monoisotopic (exact) mass is 312 g/mol. The van der Waals surface area contributed by atoms with Gasteiger partial charge in [-0.05, 0) is 23.6 Å². The predicted octanol–water partition coefficient (Wildman–Crippen LogP) is 2.09. The molecule has 0 amide bonds. The van der Waals surface area contributed by atoms with Crippen LogP contribution in [0.5, 0.6) is 0 Å². The summed E-state index contributed by atoms with van der Waals surface area (Å²) < 4.78 is 30.7. The fourth-order valence-electron chi connectivity index (χ4n) is 2.57. The highest BCUT2D eigenvalue weighted by Gasteiger charge is 2.22. The Kier molecular flexibility index (Phi) is 5.24. The van der Waals surface area contributed by atoms with E-state index in [9.17, 15) is 8.42 Å². The molecule has 1 aliphatic rings. The largest absolute Gasteiger partial charge is 0.371 e. The molecule has 1 aromatic rings. The third kappa shape index (κ3) is 5.30. The van der Waals surface area contributed by atoms with Gasteiger partial charge in [-0.2, -0.15) is 0 Å². The number of ether oxygens (including phenoxy) is 1. The summed E-state index contributed by atoms with van der Waals surface area (Å²) in [4.78, 5) is 2.42. The van der Waals surface area contributed by atoms with Crippen LogP contribution in [0.3, 0.4) is 0 Å². The Balaban J connectivity index is 2.01. The lowest BCUT2D eigenvalue weighted by Gasteiger charge is -2.34. The van der Waals surface area contributed by atoms with E-state index in [0.29, 0.717) is 11.6 Å². The first-order chi connectivity index (χ1) is 9.83. The SMILES string of the molecule is CC(C)CN1CCOC(c2ccc(NS(C)(=O)=O)cc2)C1. The average Bonchev–Trinajstić information content (AvgIpc) is 2.37. The van der Waals surface area contributed by atoms with Crippen molar-refractivity contribution in [2.75, 3.05) is 37.2 Å². The van der Waals surface area contributed by atoms with E-state index in [1.165, 1.54) is 0 Å². The summed E-state index contributed by atoms with van der Waals surface area (Å²) >= 11 is 0. The Morgan fingerprint density at radius 3 is 2.57 bits per heavy atom. The maximum Gasteiger partial charge on any atom is 0.229 e. The minimum Gasteiger partial charge on any atom is -0.371 e. The van der Waals surface area contributed by atoms with Crippen molar-refractivity contribution in [1.82, 2.24) is 4.90 Å². The first-order valence-corrected chi connectivity index (χ1v) is 9.14. The van der Waals surface area contributed by atoms with E-state index in [2.05, 4.69) is 23.5 Å². The summed E-state index contributed by atoms with van der Waals surface area (Å²) in [6.07, 6.45) is 1.21. The van der Waals surface area contributed by atoms with Crippen molar-refractivity contribution in [3.05, 3.63) is 29.8 Å². The van der Waals surface area contributed by atoms with Crippen molar-refractivity contribution in [2.24, 2.45) is 5.92 Å². The number of sulfonamides is 1. The summed E-state index contributed by atoms with van der Waals surface area (Å²) in [5.41, 5.74) is 1.67. The maximum absolute atomic E-state index is 11.2. The number of rotatable bonds is 5. The number of hydrogen-bond acceptors (Lipinski definition) is 4. The molecule has 0 spiro atoms. The molecule has 1 unspecified atom stereocenters. The summed E-state index contributed by atoms with van der Waals surface area (Å²) in [6.45, 7) is 8.11. The zero-order valence-electron chi connectivity index (χ0n) is 12.9. The van der Waals surface area contributed by atoms with Crippen molar-refractivity contribution < 1.29 is 13.2 Å². The summed E-state index contributed by atoms with van der Waals surface area (Å²) in [5, 5.41) is 0. The maximum atomic E-state index is 11.2. The fourth-order valence-corrected chi connectivity index (χ4v) is 3.13. The van der Waals surface area contributed by atoms with Gasteiger partial charge in [0.15, 0.2) is 0 Å². The normalized spacial score (nSPS) is 20.7. The smallest absolute Gasteiger partial charge is 0.229 e. The van der Waals surface area contributed by atoms with Crippen LogP contribution in [0.25, 0.3) is 0 Å². The van der Waals surface area contributed by atoms with Crippen LogP contribution in [-0.4, -0.2) is 45.8 Å². The number of nitrogens with one attached hydrogen (secondary N) is 1. The molecule has 0 aliphatic carbocycles. The Hall–Kier alpha value is -1.11. The van der Waals surface area contributed by atoms with Gasteiger partial charge in [-0.3, -0.25) is 9.62 Å². The number of anilines is 1. The van der Waals surface area contributed by atoms with E-state index in [0.717, 1.165) is 38.1 Å². The highest BCUT2D eigenvalue weighted by atomic mass is 32.2. The van der Waals surface area contributed by atoms with Crippen LogP contribution >= 0.6 is 0 Å². The van der Waals surface area contributed by atoms with Gasteiger partial charge in [-0.1, -0.05) is 26.0 Å². The first-order valence-electron chi connectivity index (χ1n) is 7.25. The summed E-state index contributed by atoms with van der Waals surface area (Å²) in [7, 11) is -3.23. The molecule has 0 radical (unpaired) electrons. The van der Waals surface area contributed by atoms with Gasteiger partial charge in [0.25, 0.3) is 0 Å². The second-order valence-corrected chi connectivity index (χ2v) is 7.76. The van der Waals surface area contributed by atoms with E-state index < -0.39 is 10.0 Å². The molecule has 6 heteroatoms. The molecule has 1 heterocycles. The molecule has 1 aliphatic heterocycles. The van der Waals surface area contributed by atoms with Crippen LogP contribution in [0.15, 0.2) is 24.3 Å². The molecular formula is C15H24N2O3S. The van der Waals surface area contributed by atoms with Gasteiger partial charge in [-0.25, -0.2) is 8.42 Å². The Morgan fingerprint density at radius 2 is 2.00 bits per heavy atom. The Labute approximate surface area is 127 Å². The van der Waals surface area contributed by atoms with Crippen LogP contribution in [0, 0.1) is 5.92 Å². The Bertz CT molecular complexity index is 555. The van der Waals surface area contributed by atoms with Crippen molar-refractivity contribution >= 4 is 15.7 Å². The molecule has 2 rings (SSSR count). The number of benzene rings is 1. The minimum atomic E-state index is -3.23. The zero-order chi connectivity index (χ0) is 15.5.